The number of hydrogen-bond acceptors (Lipinski definition) is 6. The lowest BCUT2D eigenvalue weighted by molar-refractivity contribution is -0.123. The zero-order valence-electron chi connectivity index (χ0n) is 21.2. The number of amides is 1. The van der Waals surface area contributed by atoms with Crippen molar-refractivity contribution in [2.45, 2.75) is 109 Å². The van der Waals surface area contributed by atoms with E-state index in [0.717, 1.165) is 0 Å². The minimum absolute atomic E-state index is 0.0591. The molecule has 1 unspecified atom stereocenters. The van der Waals surface area contributed by atoms with Crippen LogP contribution in [-0.2, 0) is 23.1 Å². The summed E-state index contributed by atoms with van der Waals surface area (Å²) in [7, 11) is -4.02. The lowest BCUT2D eigenvalue weighted by Crippen LogP contribution is -2.51. The summed E-state index contributed by atoms with van der Waals surface area (Å²) < 4.78 is 26.1. The molecule has 3 aliphatic heterocycles. The number of aliphatic imine (C=N–C) groups is 1. The molecule has 0 radical (unpaired) electrons. The molecule has 3 aliphatic rings. The Balaban J connectivity index is 1.85. The maximum atomic E-state index is 12.1. The summed E-state index contributed by atoms with van der Waals surface area (Å²) in [4.78, 5) is 18.2. The van der Waals surface area contributed by atoms with Crippen molar-refractivity contribution in [2.75, 3.05) is 13.2 Å². The molecule has 3 rings (SSSR count). The van der Waals surface area contributed by atoms with Crippen LogP contribution in [0, 0.1) is 5.92 Å². The topological polar surface area (TPSA) is 69.6 Å². The van der Waals surface area contributed by atoms with E-state index in [9.17, 15) is 4.79 Å². The predicted octanol–water partition coefficient (Wildman–Crippen LogP) is 4.36. The highest BCUT2D eigenvalue weighted by molar-refractivity contribution is 6.74. The summed E-state index contributed by atoms with van der Waals surface area (Å²) in [5.74, 6) is -0.303. The molecular formula is C22H42N2O5Si2. The molecular weight excluding hydrogens is 428 g/mol. The summed E-state index contributed by atoms with van der Waals surface area (Å²) in [6, 6.07) is 0.380. The molecule has 0 aromatic heterocycles. The number of fused-ring (bicyclic) bond motifs is 3. The molecule has 2 saturated heterocycles. The quantitative estimate of drug-likeness (QED) is 0.556. The normalized spacial score (nSPS) is 32.0. The van der Waals surface area contributed by atoms with Gasteiger partial charge >= 0.3 is 0 Å². The zero-order chi connectivity index (χ0) is 23.6. The van der Waals surface area contributed by atoms with Gasteiger partial charge in [0.2, 0.25) is 0 Å². The number of amidine groups is 1. The summed E-state index contributed by atoms with van der Waals surface area (Å²) in [5.41, 5.74) is 0. The van der Waals surface area contributed by atoms with Gasteiger partial charge < -0.3 is 18.3 Å². The van der Waals surface area contributed by atoms with Crippen LogP contribution in [0.1, 0.15) is 48.5 Å². The molecule has 0 aliphatic carbocycles. The Morgan fingerprint density at radius 1 is 1.06 bits per heavy atom. The predicted molar refractivity (Wildman–Crippen MR) is 127 cm³/mol. The van der Waals surface area contributed by atoms with Crippen molar-refractivity contribution in [3.05, 3.63) is 0 Å². The van der Waals surface area contributed by atoms with Crippen molar-refractivity contribution in [2.24, 2.45) is 10.9 Å². The average molecular weight is 471 g/mol. The van der Waals surface area contributed by atoms with Crippen LogP contribution in [0.5, 0.6) is 0 Å². The second-order valence-electron chi connectivity index (χ2n) is 12.3. The van der Waals surface area contributed by atoms with Gasteiger partial charge in [-0.15, -0.1) is 0 Å². The van der Waals surface area contributed by atoms with Crippen molar-refractivity contribution in [3.8, 4) is 0 Å². The zero-order valence-corrected chi connectivity index (χ0v) is 23.2. The summed E-state index contributed by atoms with van der Waals surface area (Å²) in [6.07, 6.45) is -1.07. The Morgan fingerprint density at radius 3 is 2.19 bits per heavy atom. The third-order valence-corrected chi connectivity index (χ3v) is 16.8. The SMILES string of the molecule is CC1CN2C(=NC1=O)O[C@H]1[C@H](O[Si](C)(C)C(C)(C)C)[C@@H](CO[Si](C)(C)C(C)(C)C)O[C@H]12. The van der Waals surface area contributed by atoms with Gasteiger partial charge in [-0.25, -0.2) is 0 Å². The van der Waals surface area contributed by atoms with Gasteiger partial charge in [0, 0.05) is 6.54 Å². The molecule has 0 bridgehead atoms. The summed E-state index contributed by atoms with van der Waals surface area (Å²) >= 11 is 0. The Kier molecular flexibility index (Phi) is 6.37. The fraction of sp³-hybridized carbons (Fsp3) is 0.909. The smallest absolute Gasteiger partial charge is 0.298 e. The third kappa shape index (κ3) is 4.66. The van der Waals surface area contributed by atoms with Crippen LogP contribution >= 0.6 is 0 Å². The molecule has 31 heavy (non-hydrogen) atoms. The number of hydrogen-bond donors (Lipinski definition) is 0. The van der Waals surface area contributed by atoms with Crippen LogP contribution in [-0.4, -0.2) is 71.2 Å². The highest BCUT2D eigenvalue weighted by Gasteiger charge is 2.59. The average Bonchev–Trinajstić information content (AvgIpc) is 3.08. The van der Waals surface area contributed by atoms with E-state index >= 15 is 0 Å². The van der Waals surface area contributed by atoms with Crippen LogP contribution in [0.2, 0.25) is 36.3 Å². The van der Waals surface area contributed by atoms with E-state index in [1.807, 2.05) is 11.8 Å². The van der Waals surface area contributed by atoms with E-state index in [1.54, 1.807) is 0 Å². The molecule has 5 atom stereocenters. The molecule has 0 saturated carbocycles. The third-order valence-electron chi connectivity index (χ3n) is 7.83. The van der Waals surface area contributed by atoms with E-state index in [4.69, 9.17) is 18.3 Å². The standard InChI is InChI=1S/C22H42N2O5Si2/c1-14-12-24-19-17(28-20(24)23-18(14)25)16(29-31(10,11)22(5,6)7)15(27-19)13-26-30(8,9)21(2,3)4/h14-17,19H,12-13H2,1-11H3/t14?,15-,16-,17+,19-/m1/s1. The van der Waals surface area contributed by atoms with Gasteiger partial charge in [0.1, 0.15) is 12.2 Å². The molecule has 2 fully saturated rings. The van der Waals surface area contributed by atoms with Gasteiger partial charge in [0.05, 0.1) is 12.5 Å². The van der Waals surface area contributed by atoms with Gasteiger partial charge in [0.15, 0.2) is 29.0 Å². The fourth-order valence-corrected chi connectivity index (χ4v) is 5.87. The van der Waals surface area contributed by atoms with Crippen LogP contribution in [0.4, 0.5) is 0 Å². The Bertz CT molecular complexity index is 741. The first-order valence-electron chi connectivity index (χ1n) is 11.5. The van der Waals surface area contributed by atoms with E-state index in [0.29, 0.717) is 19.2 Å². The van der Waals surface area contributed by atoms with Gasteiger partial charge in [-0.3, -0.25) is 9.69 Å². The van der Waals surface area contributed by atoms with Crippen LogP contribution in [0.3, 0.4) is 0 Å². The number of carbonyl (C=O) groups excluding carboxylic acids is 1. The highest BCUT2D eigenvalue weighted by atomic mass is 28.4. The monoisotopic (exact) mass is 470 g/mol. The van der Waals surface area contributed by atoms with Gasteiger partial charge in [-0.05, 0) is 36.3 Å². The lowest BCUT2D eigenvalue weighted by Gasteiger charge is -2.41. The summed E-state index contributed by atoms with van der Waals surface area (Å²) in [6.45, 7) is 25.4. The molecule has 3 heterocycles. The maximum absolute atomic E-state index is 12.1. The van der Waals surface area contributed by atoms with E-state index in [-0.39, 0.29) is 46.4 Å². The first-order valence-corrected chi connectivity index (χ1v) is 17.3. The molecule has 0 N–H and O–H groups in total. The summed E-state index contributed by atoms with van der Waals surface area (Å²) in [5, 5.41) is 0.180. The number of rotatable bonds is 5. The largest absolute Gasteiger partial charge is 0.454 e. The van der Waals surface area contributed by atoms with E-state index in [1.165, 1.54) is 0 Å². The van der Waals surface area contributed by atoms with Crippen LogP contribution < -0.4 is 0 Å². The fourth-order valence-electron chi connectivity index (χ4n) is 3.53. The van der Waals surface area contributed by atoms with Gasteiger partial charge in [0.25, 0.3) is 11.9 Å². The molecule has 7 nitrogen and oxygen atoms in total. The van der Waals surface area contributed by atoms with E-state index in [2.05, 4.69) is 72.7 Å². The van der Waals surface area contributed by atoms with Crippen molar-refractivity contribution < 1.29 is 23.1 Å². The number of ether oxygens (including phenoxy) is 2. The maximum Gasteiger partial charge on any atom is 0.298 e. The van der Waals surface area contributed by atoms with Crippen molar-refractivity contribution >= 4 is 28.6 Å². The molecule has 0 aromatic carbocycles. The van der Waals surface area contributed by atoms with Crippen LogP contribution in [0.15, 0.2) is 4.99 Å². The second kappa shape index (κ2) is 7.93. The minimum Gasteiger partial charge on any atom is -0.454 e. The van der Waals surface area contributed by atoms with Gasteiger partial charge in [-0.1, -0.05) is 48.5 Å². The Labute approximate surface area is 190 Å². The van der Waals surface area contributed by atoms with Crippen molar-refractivity contribution in [1.82, 2.24) is 4.90 Å². The molecule has 178 valence electrons. The number of nitrogens with zero attached hydrogens (tertiary/aromatic N) is 2. The first-order chi connectivity index (χ1) is 13.9. The minimum atomic E-state index is -2.09. The first kappa shape index (κ1) is 24.9. The van der Waals surface area contributed by atoms with Crippen LogP contribution in [0.25, 0.3) is 0 Å². The second-order valence-corrected chi connectivity index (χ2v) is 21.9. The molecule has 9 heteroatoms. The molecule has 0 spiro atoms. The lowest BCUT2D eigenvalue weighted by atomic mass is 10.1. The van der Waals surface area contributed by atoms with Crippen molar-refractivity contribution in [1.29, 1.82) is 0 Å². The Morgan fingerprint density at radius 2 is 1.65 bits per heavy atom. The van der Waals surface area contributed by atoms with Crippen molar-refractivity contribution in [3.63, 3.8) is 0 Å². The van der Waals surface area contributed by atoms with Gasteiger partial charge in [-0.2, -0.15) is 4.99 Å². The Hall–Kier alpha value is -0.746. The van der Waals surface area contributed by atoms with E-state index < -0.39 is 16.6 Å². The molecule has 0 aromatic rings. The highest BCUT2D eigenvalue weighted by Crippen LogP contribution is 2.44. The number of carbonyl (C=O) groups is 1. The molecule has 1 amide bonds.